The first kappa shape index (κ1) is 12.6. The molecule has 96 valence electrons. The Morgan fingerprint density at radius 1 is 1.21 bits per heavy atom. The van der Waals surface area contributed by atoms with Gasteiger partial charge in [0.2, 0.25) is 11.6 Å². The zero-order valence-corrected chi connectivity index (χ0v) is 9.79. The van der Waals surface area contributed by atoms with Crippen LogP contribution >= 0.6 is 0 Å². The number of aromatic nitrogens is 2. The van der Waals surface area contributed by atoms with Crippen molar-refractivity contribution in [3.63, 3.8) is 0 Å². The van der Waals surface area contributed by atoms with Crippen LogP contribution in [-0.4, -0.2) is 9.97 Å². The highest BCUT2D eigenvalue weighted by Gasteiger charge is 2.13. The number of nitrogens with one attached hydrogen (secondary N) is 1. The summed E-state index contributed by atoms with van der Waals surface area (Å²) in [5.74, 6) is 0.211. The first-order valence-corrected chi connectivity index (χ1v) is 5.29. The molecule has 0 saturated heterocycles. The second kappa shape index (κ2) is 5.18. The molecule has 2 rings (SSSR count). The minimum absolute atomic E-state index is 0.0126. The summed E-state index contributed by atoms with van der Waals surface area (Å²) in [4.78, 5) is 7.63. The number of benzene rings is 1. The molecule has 0 amide bonds. The molecule has 0 unspecified atom stereocenters. The van der Waals surface area contributed by atoms with Gasteiger partial charge in [-0.2, -0.15) is 15.2 Å². The lowest BCUT2D eigenvalue weighted by Crippen LogP contribution is -2.70. The Balaban J connectivity index is 2.34. The van der Waals surface area contributed by atoms with E-state index < -0.39 is 0 Å². The van der Waals surface area contributed by atoms with Crippen LogP contribution in [0.5, 0.6) is 0 Å². The molecule has 8 nitrogen and oxygen atoms in total. The van der Waals surface area contributed by atoms with Crippen molar-refractivity contribution in [3.05, 3.63) is 35.0 Å². The lowest BCUT2D eigenvalue weighted by molar-refractivity contribution is -0.495. The number of nitriles is 1. The molecule has 1 heterocycles. The van der Waals surface area contributed by atoms with Gasteiger partial charge in [-0.3, -0.25) is 0 Å². The van der Waals surface area contributed by atoms with Gasteiger partial charge in [0.1, 0.15) is 0 Å². The highest BCUT2D eigenvalue weighted by Crippen LogP contribution is 2.24. The van der Waals surface area contributed by atoms with E-state index in [-0.39, 0.29) is 23.3 Å². The molecule has 0 fully saturated rings. The van der Waals surface area contributed by atoms with Crippen LogP contribution < -0.4 is 22.3 Å². The van der Waals surface area contributed by atoms with Crippen molar-refractivity contribution in [2.75, 3.05) is 16.8 Å². The number of nitrogen functional groups attached to an aromatic ring is 2. The molecular weight excluding hydrogens is 246 g/mol. The van der Waals surface area contributed by atoms with Crippen molar-refractivity contribution in [1.29, 1.82) is 5.26 Å². The van der Waals surface area contributed by atoms with Gasteiger partial charge in [0.05, 0.1) is 11.6 Å². The normalized spacial score (nSPS) is 9.89. The molecule has 7 N–H and O–H groups in total. The Bertz CT molecular complexity index is 633. The van der Waals surface area contributed by atoms with Crippen LogP contribution in [0.15, 0.2) is 24.3 Å². The molecule has 0 saturated carbocycles. The van der Waals surface area contributed by atoms with Gasteiger partial charge in [-0.25, -0.2) is 0 Å². The molecular formula is C11H11N7O. The number of hydrogen-bond acceptors (Lipinski definition) is 7. The monoisotopic (exact) mass is 257 g/mol. The van der Waals surface area contributed by atoms with E-state index in [4.69, 9.17) is 16.7 Å². The average molecular weight is 257 g/mol. The zero-order chi connectivity index (χ0) is 13.8. The Kier molecular flexibility index (Phi) is 3.42. The molecule has 1 aromatic carbocycles. The first-order chi connectivity index (χ1) is 9.13. The summed E-state index contributed by atoms with van der Waals surface area (Å²) in [6.45, 7) is 0. The van der Waals surface area contributed by atoms with Gasteiger partial charge in [-0.05, 0) is 24.3 Å². The summed E-state index contributed by atoms with van der Waals surface area (Å²) < 4.78 is 0. The second-order valence-corrected chi connectivity index (χ2v) is 3.66. The fourth-order valence-corrected chi connectivity index (χ4v) is 1.48. The maximum absolute atomic E-state index is 11.0. The van der Waals surface area contributed by atoms with E-state index in [0.29, 0.717) is 16.7 Å². The van der Waals surface area contributed by atoms with Gasteiger partial charge < -0.3 is 27.5 Å². The van der Waals surface area contributed by atoms with Gasteiger partial charge in [0.15, 0.2) is 11.6 Å². The standard InChI is InChI=1S/C11H11N7O/c12-5-6-1-3-7(4-2-6)15-10-8(18-19)9(13)16-11(14)17-10/h1-4H,18H2,(H5,13,14,15,16,17). The summed E-state index contributed by atoms with van der Waals surface area (Å²) >= 11 is 0. The van der Waals surface area contributed by atoms with Crippen LogP contribution in [0.2, 0.25) is 0 Å². The number of nitrogens with two attached hydrogens (primary N) is 3. The summed E-state index contributed by atoms with van der Waals surface area (Å²) in [6, 6.07) is 8.65. The molecule has 0 aliphatic heterocycles. The van der Waals surface area contributed by atoms with Crippen molar-refractivity contribution < 1.29 is 5.48 Å². The van der Waals surface area contributed by atoms with E-state index in [1.54, 1.807) is 24.3 Å². The minimum atomic E-state index is -0.0285. The molecule has 0 aliphatic carbocycles. The van der Waals surface area contributed by atoms with Crippen LogP contribution in [0.4, 0.5) is 29.0 Å². The van der Waals surface area contributed by atoms with E-state index in [1.807, 2.05) is 6.07 Å². The third kappa shape index (κ3) is 2.68. The molecule has 0 atom stereocenters. The van der Waals surface area contributed by atoms with Crippen molar-refractivity contribution in [3.8, 4) is 6.07 Å². The Hall–Kier alpha value is -2.89. The van der Waals surface area contributed by atoms with E-state index in [1.165, 1.54) is 0 Å². The third-order valence-corrected chi connectivity index (χ3v) is 2.39. The minimum Gasteiger partial charge on any atom is -0.630 e. The molecule has 0 aliphatic rings. The molecule has 8 heteroatoms. The van der Waals surface area contributed by atoms with Crippen LogP contribution in [0, 0.1) is 16.5 Å². The Labute approximate surface area is 108 Å². The predicted octanol–water partition coefficient (Wildman–Crippen LogP) is -0.0510. The summed E-state index contributed by atoms with van der Waals surface area (Å²) in [5, 5.41) is 22.6. The molecule has 19 heavy (non-hydrogen) atoms. The fraction of sp³-hybridized carbons (Fsp3) is 0. The van der Waals surface area contributed by atoms with Crippen LogP contribution in [0.25, 0.3) is 0 Å². The van der Waals surface area contributed by atoms with Gasteiger partial charge in [-0.15, -0.1) is 0 Å². The number of nitrogens with zero attached hydrogens (tertiary/aromatic N) is 3. The Morgan fingerprint density at radius 3 is 2.47 bits per heavy atom. The van der Waals surface area contributed by atoms with Crippen molar-refractivity contribution in [1.82, 2.24) is 9.97 Å². The number of quaternary nitrogens is 1. The lowest BCUT2D eigenvalue weighted by atomic mass is 10.2. The topological polar surface area (TPSA) is 153 Å². The quantitative estimate of drug-likeness (QED) is 0.562. The highest BCUT2D eigenvalue weighted by molar-refractivity contribution is 5.73. The first-order valence-electron chi connectivity index (χ1n) is 5.29. The molecule has 0 spiro atoms. The summed E-state index contributed by atoms with van der Waals surface area (Å²) in [7, 11) is 0. The summed E-state index contributed by atoms with van der Waals surface area (Å²) in [5.41, 5.74) is 12.9. The zero-order valence-electron chi connectivity index (χ0n) is 9.79. The van der Waals surface area contributed by atoms with Crippen LogP contribution in [0.1, 0.15) is 5.56 Å². The highest BCUT2D eigenvalue weighted by atomic mass is 16.5. The van der Waals surface area contributed by atoms with E-state index in [2.05, 4.69) is 15.3 Å². The van der Waals surface area contributed by atoms with Crippen molar-refractivity contribution >= 4 is 29.0 Å². The molecule has 0 bridgehead atoms. The van der Waals surface area contributed by atoms with E-state index >= 15 is 0 Å². The molecule has 0 radical (unpaired) electrons. The maximum Gasteiger partial charge on any atom is 0.224 e. The average Bonchev–Trinajstić information content (AvgIpc) is 2.39. The third-order valence-electron chi connectivity index (χ3n) is 2.39. The lowest BCUT2D eigenvalue weighted by Gasteiger charge is -2.12. The number of anilines is 4. The van der Waals surface area contributed by atoms with Gasteiger partial charge in [-0.1, -0.05) is 0 Å². The van der Waals surface area contributed by atoms with E-state index in [9.17, 15) is 5.21 Å². The van der Waals surface area contributed by atoms with E-state index in [0.717, 1.165) is 0 Å². The molecule has 1 aromatic heterocycles. The summed E-state index contributed by atoms with van der Waals surface area (Å²) in [6.07, 6.45) is 0. The molecule has 2 aromatic rings. The predicted molar refractivity (Wildman–Crippen MR) is 70.2 cm³/mol. The Morgan fingerprint density at radius 2 is 1.89 bits per heavy atom. The van der Waals surface area contributed by atoms with Gasteiger partial charge >= 0.3 is 0 Å². The van der Waals surface area contributed by atoms with Crippen LogP contribution in [-0.2, 0) is 0 Å². The smallest absolute Gasteiger partial charge is 0.224 e. The number of rotatable bonds is 3. The van der Waals surface area contributed by atoms with Crippen LogP contribution in [0.3, 0.4) is 0 Å². The number of hydrogen-bond donors (Lipinski definition) is 4. The van der Waals surface area contributed by atoms with Gasteiger partial charge in [0, 0.05) is 5.69 Å². The largest absolute Gasteiger partial charge is 0.630 e. The maximum atomic E-state index is 11.0. The second-order valence-electron chi connectivity index (χ2n) is 3.66. The fourth-order valence-electron chi connectivity index (χ4n) is 1.48. The van der Waals surface area contributed by atoms with Crippen molar-refractivity contribution in [2.24, 2.45) is 0 Å². The van der Waals surface area contributed by atoms with Crippen molar-refractivity contribution in [2.45, 2.75) is 0 Å². The van der Waals surface area contributed by atoms with Gasteiger partial charge in [0.25, 0.3) is 0 Å². The SMILES string of the molecule is N#Cc1ccc(Nc2nc(N)nc(N)c2[NH2+][O-])cc1.